The van der Waals surface area contributed by atoms with Gasteiger partial charge in [-0.25, -0.2) is 0 Å². The smallest absolute Gasteiger partial charge is 0.305 e. The molecule has 0 spiro atoms. The Morgan fingerprint density at radius 3 is 2.55 bits per heavy atom. The third-order valence-electron chi connectivity index (χ3n) is 1.20. The minimum Gasteiger partial charge on any atom is -0.469 e. The van der Waals surface area contributed by atoms with Crippen molar-refractivity contribution in [2.45, 2.75) is 32.8 Å². The number of rotatable bonds is 5. The van der Waals surface area contributed by atoms with Gasteiger partial charge in [-0.05, 0) is 20.3 Å². The molecule has 0 fully saturated rings. The number of esters is 1. The van der Waals surface area contributed by atoms with E-state index in [-0.39, 0.29) is 12.1 Å². The van der Waals surface area contributed by atoms with E-state index in [1.54, 1.807) is 0 Å². The van der Waals surface area contributed by atoms with Gasteiger partial charge >= 0.3 is 5.97 Å². The Labute approximate surface area is 67.7 Å². The summed E-state index contributed by atoms with van der Waals surface area (Å²) in [5.74, 6) is -0.169. The van der Waals surface area contributed by atoms with Gasteiger partial charge in [0.2, 0.25) is 0 Å². The zero-order chi connectivity index (χ0) is 8.69. The maximum absolute atomic E-state index is 10.6. The normalized spacial score (nSPS) is 10.2. The number of hydrogen-bond donors (Lipinski definition) is 0. The Morgan fingerprint density at radius 2 is 2.09 bits per heavy atom. The van der Waals surface area contributed by atoms with Crippen molar-refractivity contribution >= 4 is 5.97 Å². The number of ether oxygens (including phenoxy) is 2. The highest BCUT2D eigenvalue weighted by molar-refractivity contribution is 5.68. The van der Waals surface area contributed by atoms with Crippen LogP contribution in [0.15, 0.2) is 0 Å². The second-order valence-corrected chi connectivity index (χ2v) is 2.60. The van der Waals surface area contributed by atoms with Crippen LogP contribution in [-0.2, 0) is 14.3 Å². The molecule has 0 rings (SSSR count). The fourth-order valence-corrected chi connectivity index (χ4v) is 0.638. The molecule has 0 unspecified atom stereocenters. The lowest BCUT2D eigenvalue weighted by atomic mass is 10.3. The Morgan fingerprint density at radius 1 is 1.45 bits per heavy atom. The van der Waals surface area contributed by atoms with Crippen LogP contribution in [0.2, 0.25) is 0 Å². The third kappa shape index (κ3) is 7.33. The summed E-state index contributed by atoms with van der Waals surface area (Å²) in [5, 5.41) is 0. The average Bonchev–Trinajstić information content (AvgIpc) is 1.97. The zero-order valence-electron chi connectivity index (χ0n) is 7.42. The van der Waals surface area contributed by atoms with E-state index in [2.05, 4.69) is 4.74 Å². The van der Waals surface area contributed by atoms with E-state index in [1.807, 2.05) is 13.8 Å². The van der Waals surface area contributed by atoms with Gasteiger partial charge in [0.15, 0.2) is 0 Å². The molecule has 0 saturated heterocycles. The summed E-state index contributed by atoms with van der Waals surface area (Å²) in [7, 11) is 1.39. The maximum Gasteiger partial charge on any atom is 0.305 e. The summed E-state index contributed by atoms with van der Waals surface area (Å²) >= 11 is 0. The predicted molar refractivity (Wildman–Crippen MR) is 42.3 cm³/mol. The molecule has 0 aliphatic heterocycles. The molecule has 0 aliphatic rings. The lowest BCUT2D eigenvalue weighted by Gasteiger charge is -2.05. The van der Waals surface area contributed by atoms with Crippen molar-refractivity contribution in [3.8, 4) is 0 Å². The largest absolute Gasteiger partial charge is 0.469 e. The van der Waals surface area contributed by atoms with Crippen LogP contribution in [0.1, 0.15) is 26.7 Å². The second-order valence-electron chi connectivity index (χ2n) is 2.60. The van der Waals surface area contributed by atoms with Gasteiger partial charge in [-0.1, -0.05) is 0 Å². The van der Waals surface area contributed by atoms with Crippen molar-refractivity contribution in [3.63, 3.8) is 0 Å². The first kappa shape index (κ1) is 10.4. The molecule has 3 heteroatoms. The Hall–Kier alpha value is -0.570. The van der Waals surface area contributed by atoms with Crippen LogP contribution < -0.4 is 0 Å². The topological polar surface area (TPSA) is 35.5 Å². The minimum atomic E-state index is -0.169. The van der Waals surface area contributed by atoms with Gasteiger partial charge in [0.05, 0.1) is 13.2 Å². The molecule has 0 N–H and O–H groups in total. The van der Waals surface area contributed by atoms with Crippen molar-refractivity contribution in [2.24, 2.45) is 0 Å². The monoisotopic (exact) mass is 160 g/mol. The maximum atomic E-state index is 10.6. The van der Waals surface area contributed by atoms with E-state index in [0.717, 1.165) is 6.42 Å². The van der Waals surface area contributed by atoms with E-state index in [0.29, 0.717) is 13.0 Å². The number of methoxy groups -OCH3 is 1. The van der Waals surface area contributed by atoms with E-state index in [4.69, 9.17) is 4.74 Å². The first-order valence-corrected chi connectivity index (χ1v) is 3.85. The molecular weight excluding hydrogens is 144 g/mol. The molecule has 0 heterocycles. The molecule has 0 atom stereocenters. The number of hydrogen-bond acceptors (Lipinski definition) is 3. The van der Waals surface area contributed by atoms with Crippen molar-refractivity contribution in [3.05, 3.63) is 0 Å². The second kappa shape index (κ2) is 6.16. The lowest BCUT2D eigenvalue weighted by molar-refractivity contribution is -0.141. The highest BCUT2D eigenvalue weighted by Gasteiger charge is 1.99. The van der Waals surface area contributed by atoms with Crippen LogP contribution >= 0.6 is 0 Å². The van der Waals surface area contributed by atoms with Gasteiger partial charge in [0, 0.05) is 13.0 Å². The molecule has 0 bridgehead atoms. The average molecular weight is 160 g/mol. The molecule has 0 amide bonds. The first-order chi connectivity index (χ1) is 5.16. The summed E-state index contributed by atoms with van der Waals surface area (Å²) in [6.45, 7) is 4.57. The third-order valence-corrected chi connectivity index (χ3v) is 1.20. The van der Waals surface area contributed by atoms with Gasteiger partial charge < -0.3 is 9.47 Å². The van der Waals surface area contributed by atoms with Crippen LogP contribution in [0.5, 0.6) is 0 Å². The Bertz CT molecular complexity index is 110. The van der Waals surface area contributed by atoms with Gasteiger partial charge in [0.25, 0.3) is 0 Å². The van der Waals surface area contributed by atoms with Crippen LogP contribution in [0.4, 0.5) is 0 Å². The van der Waals surface area contributed by atoms with Gasteiger partial charge in [-0.2, -0.15) is 0 Å². The Kier molecular flexibility index (Phi) is 5.84. The van der Waals surface area contributed by atoms with E-state index in [9.17, 15) is 4.79 Å². The minimum absolute atomic E-state index is 0.169. The summed E-state index contributed by atoms with van der Waals surface area (Å²) in [6.07, 6.45) is 1.43. The fraction of sp³-hybridized carbons (Fsp3) is 0.875. The van der Waals surface area contributed by atoms with Gasteiger partial charge in [0.1, 0.15) is 0 Å². The Balaban J connectivity index is 3.08. The SMILES string of the molecule is COC(=O)CCCOC(C)C. The van der Waals surface area contributed by atoms with Crippen LogP contribution in [-0.4, -0.2) is 25.8 Å². The predicted octanol–water partition coefficient (Wildman–Crippen LogP) is 1.36. The lowest BCUT2D eigenvalue weighted by Crippen LogP contribution is -2.07. The number of carbonyl (C=O) groups excluding carboxylic acids is 1. The summed E-state index contributed by atoms with van der Waals surface area (Å²) < 4.78 is 9.69. The molecule has 11 heavy (non-hydrogen) atoms. The summed E-state index contributed by atoms with van der Waals surface area (Å²) in [4.78, 5) is 10.6. The van der Waals surface area contributed by atoms with Gasteiger partial charge in [-0.3, -0.25) is 4.79 Å². The molecule has 0 aromatic heterocycles. The van der Waals surface area contributed by atoms with Crippen LogP contribution in [0.3, 0.4) is 0 Å². The molecule has 0 aliphatic carbocycles. The van der Waals surface area contributed by atoms with Gasteiger partial charge in [-0.15, -0.1) is 0 Å². The summed E-state index contributed by atoms with van der Waals surface area (Å²) in [5.41, 5.74) is 0. The fourth-order valence-electron chi connectivity index (χ4n) is 0.638. The highest BCUT2D eigenvalue weighted by Crippen LogP contribution is 1.95. The van der Waals surface area contributed by atoms with Crippen molar-refractivity contribution in [1.29, 1.82) is 0 Å². The standard InChI is InChI=1S/C8H16O3/c1-7(2)11-6-4-5-8(9)10-3/h7H,4-6H2,1-3H3. The molecule has 0 aromatic rings. The van der Waals surface area contributed by atoms with Crippen molar-refractivity contribution in [2.75, 3.05) is 13.7 Å². The van der Waals surface area contributed by atoms with Crippen molar-refractivity contribution < 1.29 is 14.3 Å². The zero-order valence-corrected chi connectivity index (χ0v) is 7.42. The van der Waals surface area contributed by atoms with E-state index >= 15 is 0 Å². The number of carbonyl (C=O) groups is 1. The molecule has 66 valence electrons. The van der Waals surface area contributed by atoms with E-state index in [1.165, 1.54) is 7.11 Å². The highest BCUT2D eigenvalue weighted by atomic mass is 16.5. The summed E-state index contributed by atoms with van der Waals surface area (Å²) in [6, 6.07) is 0. The van der Waals surface area contributed by atoms with E-state index < -0.39 is 0 Å². The first-order valence-electron chi connectivity index (χ1n) is 3.85. The molecule has 0 aromatic carbocycles. The molecule has 0 radical (unpaired) electrons. The van der Waals surface area contributed by atoms with Crippen LogP contribution in [0, 0.1) is 0 Å². The quantitative estimate of drug-likeness (QED) is 0.450. The van der Waals surface area contributed by atoms with Crippen molar-refractivity contribution in [1.82, 2.24) is 0 Å². The van der Waals surface area contributed by atoms with Crippen LogP contribution in [0.25, 0.3) is 0 Å². The molecule has 0 saturated carbocycles. The molecule has 3 nitrogen and oxygen atoms in total. The molecular formula is C8H16O3.